The SMILES string of the molecule is CC/C=C\C/C=C\C[C@@H](O)/C=C/[C@H]1[C@@H](C/C=C\CCC(=O)O)[C@@H](O)C[C@H]1O. The molecule has 1 fully saturated rings. The largest absolute Gasteiger partial charge is 0.481 e. The lowest BCUT2D eigenvalue weighted by Crippen LogP contribution is -2.20. The summed E-state index contributed by atoms with van der Waals surface area (Å²) in [4.78, 5) is 10.5. The van der Waals surface area contributed by atoms with Gasteiger partial charge in [0.2, 0.25) is 0 Å². The van der Waals surface area contributed by atoms with Crippen molar-refractivity contribution in [3.05, 3.63) is 48.6 Å². The highest BCUT2D eigenvalue weighted by molar-refractivity contribution is 5.66. The topological polar surface area (TPSA) is 98.0 Å². The molecule has 1 aliphatic carbocycles. The molecule has 0 aliphatic heterocycles. The highest BCUT2D eigenvalue weighted by Crippen LogP contribution is 2.36. The number of hydrogen-bond donors (Lipinski definition) is 4. The van der Waals surface area contributed by atoms with Crippen LogP contribution < -0.4 is 0 Å². The second-order valence-electron chi connectivity index (χ2n) is 7.03. The molecule has 5 nitrogen and oxygen atoms in total. The van der Waals surface area contributed by atoms with Gasteiger partial charge in [0, 0.05) is 18.8 Å². The van der Waals surface area contributed by atoms with E-state index >= 15 is 0 Å². The van der Waals surface area contributed by atoms with Gasteiger partial charge in [-0.1, -0.05) is 55.5 Å². The van der Waals surface area contributed by atoms with Crippen LogP contribution in [0.3, 0.4) is 0 Å². The third kappa shape index (κ3) is 9.70. The quantitative estimate of drug-likeness (QED) is 0.390. The average Bonchev–Trinajstić information content (AvgIpc) is 2.88. The van der Waals surface area contributed by atoms with Crippen molar-refractivity contribution in [3.63, 3.8) is 0 Å². The van der Waals surface area contributed by atoms with Crippen LogP contribution in [0.5, 0.6) is 0 Å². The Kier molecular flexibility index (Phi) is 11.7. The van der Waals surface area contributed by atoms with E-state index in [0.29, 0.717) is 25.7 Å². The molecule has 0 spiro atoms. The Balaban J connectivity index is 2.49. The predicted molar refractivity (Wildman–Crippen MR) is 107 cm³/mol. The minimum Gasteiger partial charge on any atom is -0.481 e. The van der Waals surface area contributed by atoms with E-state index < -0.39 is 24.3 Å². The molecule has 0 saturated heterocycles. The molecule has 0 radical (unpaired) electrons. The smallest absolute Gasteiger partial charge is 0.303 e. The third-order valence-corrected chi connectivity index (χ3v) is 4.79. The van der Waals surface area contributed by atoms with Gasteiger partial charge in [0.25, 0.3) is 0 Å². The molecule has 0 bridgehead atoms. The molecule has 0 unspecified atom stereocenters. The van der Waals surface area contributed by atoms with E-state index in [4.69, 9.17) is 5.11 Å². The molecule has 1 rings (SSSR count). The number of rotatable bonds is 12. The van der Waals surface area contributed by atoms with Crippen molar-refractivity contribution in [2.75, 3.05) is 0 Å². The molecule has 4 N–H and O–H groups in total. The predicted octanol–water partition coefficient (Wildman–Crippen LogP) is 3.38. The molecule has 0 amide bonds. The first-order valence-electron chi connectivity index (χ1n) is 9.85. The van der Waals surface area contributed by atoms with Crippen molar-refractivity contribution in [3.8, 4) is 0 Å². The van der Waals surface area contributed by atoms with E-state index in [2.05, 4.69) is 19.1 Å². The maximum atomic E-state index is 10.5. The van der Waals surface area contributed by atoms with E-state index in [0.717, 1.165) is 12.8 Å². The fraction of sp³-hybridized carbons (Fsp3) is 0.591. The van der Waals surface area contributed by atoms with Crippen LogP contribution in [0.25, 0.3) is 0 Å². The number of carboxylic acids is 1. The Labute approximate surface area is 162 Å². The molecular weight excluding hydrogens is 344 g/mol. The minimum absolute atomic E-state index is 0.0869. The summed E-state index contributed by atoms with van der Waals surface area (Å²) in [6, 6.07) is 0. The first kappa shape index (κ1) is 23.3. The summed E-state index contributed by atoms with van der Waals surface area (Å²) in [7, 11) is 0. The lowest BCUT2D eigenvalue weighted by Gasteiger charge is -2.19. The molecular formula is C22H34O5. The van der Waals surface area contributed by atoms with Gasteiger partial charge in [-0.25, -0.2) is 0 Å². The summed E-state index contributed by atoms with van der Waals surface area (Å²) >= 11 is 0. The Morgan fingerprint density at radius 1 is 1.07 bits per heavy atom. The van der Waals surface area contributed by atoms with Crippen molar-refractivity contribution in [2.24, 2.45) is 11.8 Å². The van der Waals surface area contributed by atoms with Crippen LogP contribution >= 0.6 is 0 Å². The van der Waals surface area contributed by atoms with E-state index in [1.807, 2.05) is 24.3 Å². The molecule has 152 valence electrons. The second-order valence-corrected chi connectivity index (χ2v) is 7.03. The monoisotopic (exact) mass is 378 g/mol. The number of carbonyl (C=O) groups is 1. The van der Waals surface area contributed by atoms with Crippen LogP contribution in [0.15, 0.2) is 48.6 Å². The van der Waals surface area contributed by atoms with Crippen LogP contribution in [-0.2, 0) is 4.79 Å². The van der Waals surface area contributed by atoms with Gasteiger partial charge in [0.05, 0.1) is 18.3 Å². The number of carboxylic acid groups (broad SMARTS) is 1. The van der Waals surface area contributed by atoms with Crippen molar-refractivity contribution in [2.45, 2.75) is 70.2 Å². The van der Waals surface area contributed by atoms with Gasteiger partial charge >= 0.3 is 5.97 Å². The zero-order valence-electron chi connectivity index (χ0n) is 16.2. The van der Waals surface area contributed by atoms with E-state index in [1.165, 1.54) is 0 Å². The summed E-state index contributed by atoms with van der Waals surface area (Å²) in [6.45, 7) is 2.09. The molecule has 5 atom stereocenters. The Bertz CT molecular complexity index is 535. The van der Waals surface area contributed by atoms with Crippen LogP contribution in [-0.4, -0.2) is 44.7 Å². The number of hydrogen-bond acceptors (Lipinski definition) is 4. The maximum absolute atomic E-state index is 10.5. The Morgan fingerprint density at radius 2 is 1.81 bits per heavy atom. The summed E-state index contributed by atoms with van der Waals surface area (Å²) < 4.78 is 0. The van der Waals surface area contributed by atoms with Crippen molar-refractivity contribution in [1.29, 1.82) is 0 Å². The number of aliphatic hydroxyl groups excluding tert-OH is 3. The third-order valence-electron chi connectivity index (χ3n) is 4.79. The molecule has 0 aromatic rings. The first-order chi connectivity index (χ1) is 13.0. The van der Waals surface area contributed by atoms with Gasteiger partial charge in [-0.2, -0.15) is 0 Å². The number of aliphatic carboxylic acids is 1. The van der Waals surface area contributed by atoms with Crippen molar-refractivity contribution >= 4 is 5.97 Å². The van der Waals surface area contributed by atoms with Gasteiger partial charge in [-0.15, -0.1) is 0 Å². The minimum atomic E-state index is -0.832. The van der Waals surface area contributed by atoms with Gasteiger partial charge in [-0.05, 0) is 38.0 Å². The molecule has 1 aliphatic rings. The fourth-order valence-corrected chi connectivity index (χ4v) is 3.29. The Morgan fingerprint density at radius 3 is 2.52 bits per heavy atom. The number of allylic oxidation sites excluding steroid dienone is 5. The van der Waals surface area contributed by atoms with Gasteiger partial charge in [0.1, 0.15) is 0 Å². The number of aliphatic hydroxyl groups is 3. The zero-order chi connectivity index (χ0) is 20.1. The van der Waals surface area contributed by atoms with E-state index in [-0.39, 0.29) is 18.3 Å². The first-order valence-corrected chi connectivity index (χ1v) is 9.85. The molecule has 1 saturated carbocycles. The molecule has 0 aromatic carbocycles. The van der Waals surface area contributed by atoms with Crippen LogP contribution in [0.4, 0.5) is 0 Å². The fourth-order valence-electron chi connectivity index (χ4n) is 3.29. The normalized spacial score (nSPS) is 27.6. The van der Waals surface area contributed by atoms with Gasteiger partial charge in [0.15, 0.2) is 0 Å². The second kappa shape index (κ2) is 13.5. The van der Waals surface area contributed by atoms with Gasteiger partial charge < -0.3 is 20.4 Å². The summed E-state index contributed by atoms with van der Waals surface area (Å²) in [5, 5.41) is 39.1. The molecule has 27 heavy (non-hydrogen) atoms. The maximum Gasteiger partial charge on any atom is 0.303 e. The molecule has 5 heteroatoms. The summed E-state index contributed by atoms with van der Waals surface area (Å²) in [6.07, 6.45) is 17.3. The average molecular weight is 379 g/mol. The van der Waals surface area contributed by atoms with E-state index in [1.54, 1.807) is 12.2 Å². The Hall–Kier alpha value is -1.69. The highest BCUT2D eigenvalue weighted by Gasteiger charge is 2.39. The summed E-state index contributed by atoms with van der Waals surface area (Å²) in [5.41, 5.74) is 0. The van der Waals surface area contributed by atoms with E-state index in [9.17, 15) is 20.1 Å². The zero-order valence-corrected chi connectivity index (χ0v) is 16.2. The lowest BCUT2D eigenvalue weighted by molar-refractivity contribution is -0.136. The standard InChI is InChI=1S/C22H34O5/c1-2-3-4-5-6-8-11-17(23)14-15-19-18(20(24)16-21(19)25)12-9-7-10-13-22(26)27/h3-4,6-9,14-15,17-21,23-25H,2,5,10-13,16H2,1H3,(H,26,27)/b4-3-,8-6-,9-7-,15-14+/t17-,18-,19+,20+,21-/m1/s1. The molecule has 0 aromatic heterocycles. The molecule has 0 heterocycles. The van der Waals surface area contributed by atoms with Crippen LogP contribution in [0.1, 0.15) is 51.9 Å². The highest BCUT2D eigenvalue weighted by atomic mass is 16.4. The van der Waals surface area contributed by atoms with Crippen molar-refractivity contribution < 1.29 is 25.2 Å². The van der Waals surface area contributed by atoms with Crippen molar-refractivity contribution in [1.82, 2.24) is 0 Å². The lowest BCUT2D eigenvalue weighted by atomic mass is 9.89. The van der Waals surface area contributed by atoms with Gasteiger partial charge in [-0.3, -0.25) is 4.79 Å². The van der Waals surface area contributed by atoms with Crippen LogP contribution in [0.2, 0.25) is 0 Å². The summed E-state index contributed by atoms with van der Waals surface area (Å²) in [5.74, 6) is -1.17. The van der Waals surface area contributed by atoms with Crippen LogP contribution in [0, 0.1) is 11.8 Å².